The zero-order valence-electron chi connectivity index (χ0n) is 11.4. The van der Waals surface area contributed by atoms with E-state index < -0.39 is 11.6 Å². The van der Waals surface area contributed by atoms with E-state index in [1.807, 2.05) is 20.8 Å². The number of alkyl carbamates (subject to hydrolysis) is 1. The molecule has 0 bridgehead atoms. The number of carbonyl (C=O) groups excluding carboxylic acids is 1. The number of rotatable bonds is 3. The molecule has 0 radical (unpaired) electrons. The highest BCUT2D eigenvalue weighted by Gasteiger charge is 2.25. The molecule has 0 saturated heterocycles. The third kappa shape index (κ3) is 7.70. The fourth-order valence-corrected chi connectivity index (χ4v) is 2.23. The summed E-state index contributed by atoms with van der Waals surface area (Å²) >= 11 is 0. The van der Waals surface area contributed by atoms with Gasteiger partial charge in [-0.2, -0.15) is 0 Å². The standard InChI is InChI=1S/C13H23NO4.CH4/c1-13(2,3)18-12(17)14-10-6-4-9(5-7-10)8-11(15)16;/h9-10H,4-8H2,1-3H3,(H,14,17)(H,15,16);1H4. The SMILES string of the molecule is C.CC(C)(C)OC(=O)NC1CCC(CC(=O)O)CC1. The first-order valence-electron chi connectivity index (χ1n) is 6.47. The third-order valence-corrected chi connectivity index (χ3v) is 3.03. The van der Waals surface area contributed by atoms with Crippen molar-refractivity contribution in [1.82, 2.24) is 5.32 Å². The van der Waals surface area contributed by atoms with Crippen molar-refractivity contribution < 1.29 is 19.4 Å². The third-order valence-electron chi connectivity index (χ3n) is 3.03. The van der Waals surface area contributed by atoms with E-state index in [2.05, 4.69) is 5.32 Å². The van der Waals surface area contributed by atoms with Crippen LogP contribution in [0, 0.1) is 5.92 Å². The highest BCUT2D eigenvalue weighted by Crippen LogP contribution is 2.27. The minimum atomic E-state index is -0.737. The van der Waals surface area contributed by atoms with Gasteiger partial charge in [-0.15, -0.1) is 0 Å². The Morgan fingerprint density at radius 3 is 2.16 bits per heavy atom. The van der Waals surface area contributed by atoms with Crippen LogP contribution in [-0.2, 0) is 9.53 Å². The Labute approximate surface area is 115 Å². The first kappa shape index (κ1) is 17.7. The number of ether oxygens (including phenoxy) is 1. The number of amides is 1. The number of hydrogen-bond acceptors (Lipinski definition) is 3. The summed E-state index contributed by atoms with van der Waals surface area (Å²) < 4.78 is 5.19. The lowest BCUT2D eigenvalue weighted by atomic mass is 9.84. The average Bonchev–Trinajstić information content (AvgIpc) is 2.17. The normalized spacial score (nSPS) is 23.1. The Hall–Kier alpha value is -1.26. The van der Waals surface area contributed by atoms with Gasteiger partial charge in [0.1, 0.15) is 5.60 Å². The summed E-state index contributed by atoms with van der Waals surface area (Å²) in [6.07, 6.45) is 3.22. The van der Waals surface area contributed by atoms with Crippen molar-refractivity contribution >= 4 is 12.1 Å². The number of nitrogens with one attached hydrogen (secondary N) is 1. The van der Waals surface area contributed by atoms with Gasteiger partial charge in [0, 0.05) is 12.5 Å². The fourth-order valence-electron chi connectivity index (χ4n) is 2.23. The maximum Gasteiger partial charge on any atom is 0.407 e. The summed E-state index contributed by atoms with van der Waals surface area (Å²) in [5.41, 5.74) is -0.482. The molecule has 0 spiro atoms. The monoisotopic (exact) mass is 273 g/mol. The number of aliphatic carboxylic acids is 1. The molecule has 0 heterocycles. The predicted octanol–water partition coefficient (Wildman–Crippen LogP) is 3.18. The van der Waals surface area contributed by atoms with Crippen LogP contribution in [0.25, 0.3) is 0 Å². The lowest BCUT2D eigenvalue weighted by molar-refractivity contribution is -0.138. The van der Waals surface area contributed by atoms with E-state index in [-0.39, 0.29) is 31.9 Å². The van der Waals surface area contributed by atoms with Gasteiger partial charge in [-0.25, -0.2) is 4.79 Å². The van der Waals surface area contributed by atoms with Crippen molar-refractivity contribution in [3.8, 4) is 0 Å². The Balaban J connectivity index is 0.00000324. The maximum absolute atomic E-state index is 11.6. The Morgan fingerprint density at radius 1 is 1.21 bits per heavy atom. The molecule has 0 aromatic heterocycles. The van der Waals surface area contributed by atoms with Crippen LogP contribution in [0.4, 0.5) is 4.79 Å². The largest absolute Gasteiger partial charge is 0.481 e. The van der Waals surface area contributed by atoms with Crippen molar-refractivity contribution in [2.24, 2.45) is 5.92 Å². The van der Waals surface area contributed by atoms with Gasteiger partial charge >= 0.3 is 12.1 Å². The van der Waals surface area contributed by atoms with Gasteiger partial charge in [-0.1, -0.05) is 7.43 Å². The molecular formula is C14H27NO4. The van der Waals surface area contributed by atoms with Crippen molar-refractivity contribution in [2.75, 3.05) is 0 Å². The van der Waals surface area contributed by atoms with Crippen LogP contribution >= 0.6 is 0 Å². The minimum absolute atomic E-state index is 0. The van der Waals surface area contributed by atoms with E-state index in [1.54, 1.807) is 0 Å². The van der Waals surface area contributed by atoms with Crippen LogP contribution in [0.3, 0.4) is 0 Å². The Bertz CT molecular complexity index is 301. The summed E-state index contributed by atoms with van der Waals surface area (Å²) in [7, 11) is 0. The van der Waals surface area contributed by atoms with Crippen molar-refractivity contribution in [3.63, 3.8) is 0 Å². The molecule has 1 rings (SSSR count). The summed E-state index contributed by atoms with van der Waals surface area (Å²) in [5, 5.41) is 11.6. The number of carbonyl (C=O) groups is 2. The topological polar surface area (TPSA) is 75.6 Å². The molecule has 5 nitrogen and oxygen atoms in total. The van der Waals surface area contributed by atoms with Gasteiger partial charge in [0.15, 0.2) is 0 Å². The number of carboxylic acids is 1. The van der Waals surface area contributed by atoms with E-state index in [4.69, 9.17) is 9.84 Å². The smallest absolute Gasteiger partial charge is 0.407 e. The molecule has 1 fully saturated rings. The van der Waals surface area contributed by atoms with Crippen LogP contribution in [0.5, 0.6) is 0 Å². The summed E-state index contributed by atoms with van der Waals surface area (Å²) in [6, 6.07) is 0.116. The molecule has 1 aliphatic carbocycles. The second-order valence-corrected chi connectivity index (χ2v) is 5.96. The van der Waals surface area contributed by atoms with Gasteiger partial charge in [0.25, 0.3) is 0 Å². The summed E-state index contributed by atoms with van der Waals surface area (Å²) in [6.45, 7) is 5.49. The quantitative estimate of drug-likeness (QED) is 0.828. The van der Waals surface area contributed by atoms with E-state index in [9.17, 15) is 9.59 Å². The van der Waals surface area contributed by atoms with Crippen LogP contribution in [0.15, 0.2) is 0 Å². The molecule has 19 heavy (non-hydrogen) atoms. The van der Waals surface area contributed by atoms with Gasteiger partial charge in [0.2, 0.25) is 0 Å². The first-order valence-corrected chi connectivity index (χ1v) is 6.47. The highest BCUT2D eigenvalue weighted by atomic mass is 16.6. The summed E-state index contributed by atoms with van der Waals surface area (Å²) in [4.78, 5) is 22.2. The summed E-state index contributed by atoms with van der Waals surface area (Å²) in [5.74, 6) is -0.488. The van der Waals surface area contributed by atoms with Crippen molar-refractivity contribution in [3.05, 3.63) is 0 Å². The molecular weight excluding hydrogens is 246 g/mol. The zero-order chi connectivity index (χ0) is 13.8. The van der Waals surface area contributed by atoms with Crippen LogP contribution in [-0.4, -0.2) is 28.8 Å². The molecule has 1 aliphatic rings. The molecule has 0 atom stereocenters. The van der Waals surface area contributed by atoms with Crippen LogP contribution in [0.1, 0.15) is 60.3 Å². The molecule has 1 saturated carbocycles. The highest BCUT2D eigenvalue weighted by molar-refractivity contribution is 5.68. The lowest BCUT2D eigenvalue weighted by Gasteiger charge is -2.29. The van der Waals surface area contributed by atoms with Crippen LogP contribution in [0.2, 0.25) is 0 Å². The predicted molar refractivity (Wildman–Crippen MR) is 74.1 cm³/mol. The molecule has 0 aliphatic heterocycles. The zero-order valence-corrected chi connectivity index (χ0v) is 11.4. The molecule has 112 valence electrons. The molecule has 2 N–H and O–H groups in total. The maximum atomic E-state index is 11.6. The van der Waals surface area contributed by atoms with E-state index >= 15 is 0 Å². The number of hydrogen-bond donors (Lipinski definition) is 2. The first-order chi connectivity index (χ1) is 8.26. The molecule has 0 aromatic rings. The number of carboxylic acid groups (broad SMARTS) is 1. The van der Waals surface area contributed by atoms with E-state index in [0.717, 1.165) is 25.7 Å². The molecule has 1 amide bonds. The van der Waals surface area contributed by atoms with E-state index in [0.29, 0.717) is 0 Å². The van der Waals surface area contributed by atoms with Gasteiger partial charge in [0.05, 0.1) is 0 Å². The average molecular weight is 273 g/mol. The molecule has 0 aromatic carbocycles. The molecule has 0 unspecified atom stereocenters. The van der Waals surface area contributed by atoms with Crippen molar-refractivity contribution in [1.29, 1.82) is 0 Å². The Morgan fingerprint density at radius 2 is 1.74 bits per heavy atom. The fraction of sp³-hybridized carbons (Fsp3) is 0.857. The minimum Gasteiger partial charge on any atom is -0.481 e. The van der Waals surface area contributed by atoms with Crippen molar-refractivity contribution in [2.45, 2.75) is 71.9 Å². The van der Waals surface area contributed by atoms with E-state index in [1.165, 1.54) is 0 Å². The second kappa shape index (κ2) is 7.36. The Kier molecular flexibility index (Phi) is 6.87. The second-order valence-electron chi connectivity index (χ2n) is 5.96. The van der Waals surface area contributed by atoms with Gasteiger partial charge in [-0.05, 0) is 52.4 Å². The van der Waals surface area contributed by atoms with Gasteiger partial charge < -0.3 is 15.2 Å². The molecule has 5 heteroatoms. The van der Waals surface area contributed by atoms with Gasteiger partial charge in [-0.3, -0.25) is 4.79 Å². The lowest BCUT2D eigenvalue weighted by Crippen LogP contribution is -2.41. The van der Waals surface area contributed by atoms with Crippen LogP contribution < -0.4 is 5.32 Å².